The summed E-state index contributed by atoms with van der Waals surface area (Å²) < 4.78 is 1.14. The van der Waals surface area contributed by atoms with Gasteiger partial charge in [0.05, 0.1) is 16.8 Å². The van der Waals surface area contributed by atoms with E-state index in [4.69, 9.17) is 0 Å². The fourth-order valence-corrected chi connectivity index (χ4v) is 3.67. The third-order valence-electron chi connectivity index (χ3n) is 4.06. The zero-order chi connectivity index (χ0) is 15.5. The SMILES string of the molecule is CC(=O)N1CCC(C(=O)NCc2nc3ccccc3s2)CC1. The van der Waals surface area contributed by atoms with Crippen LogP contribution in [-0.2, 0) is 16.1 Å². The Morgan fingerprint density at radius 1 is 1.32 bits per heavy atom. The van der Waals surface area contributed by atoms with Gasteiger partial charge in [-0.15, -0.1) is 11.3 Å². The van der Waals surface area contributed by atoms with Crippen molar-refractivity contribution in [2.75, 3.05) is 13.1 Å². The van der Waals surface area contributed by atoms with E-state index in [2.05, 4.69) is 10.3 Å². The van der Waals surface area contributed by atoms with Gasteiger partial charge in [-0.1, -0.05) is 12.1 Å². The number of likely N-dealkylation sites (tertiary alicyclic amines) is 1. The van der Waals surface area contributed by atoms with E-state index in [0.29, 0.717) is 19.6 Å². The second kappa shape index (κ2) is 6.44. The number of hydrogen-bond acceptors (Lipinski definition) is 4. The highest BCUT2D eigenvalue weighted by molar-refractivity contribution is 7.18. The predicted octanol–water partition coefficient (Wildman–Crippen LogP) is 2.17. The minimum absolute atomic E-state index is 0.00461. The minimum atomic E-state index is 0.00461. The van der Waals surface area contributed by atoms with Gasteiger partial charge in [-0.3, -0.25) is 9.59 Å². The third-order valence-corrected chi connectivity index (χ3v) is 5.10. The maximum absolute atomic E-state index is 12.2. The highest BCUT2D eigenvalue weighted by Crippen LogP contribution is 2.22. The lowest BCUT2D eigenvalue weighted by Crippen LogP contribution is -2.42. The van der Waals surface area contributed by atoms with Gasteiger partial charge in [0.2, 0.25) is 11.8 Å². The molecule has 2 heterocycles. The number of fused-ring (bicyclic) bond motifs is 1. The molecular weight excluding hydrogens is 298 g/mol. The molecule has 0 unspecified atom stereocenters. The highest BCUT2D eigenvalue weighted by Gasteiger charge is 2.25. The van der Waals surface area contributed by atoms with Crippen molar-refractivity contribution in [1.29, 1.82) is 0 Å². The molecule has 0 aliphatic carbocycles. The van der Waals surface area contributed by atoms with Crippen LogP contribution < -0.4 is 5.32 Å². The Kier molecular flexibility index (Phi) is 4.38. The summed E-state index contributed by atoms with van der Waals surface area (Å²) in [4.78, 5) is 29.8. The molecule has 1 aliphatic heterocycles. The number of carbonyl (C=O) groups is 2. The molecule has 5 nitrogen and oxygen atoms in total. The number of aromatic nitrogens is 1. The molecule has 0 radical (unpaired) electrons. The summed E-state index contributed by atoms with van der Waals surface area (Å²) in [7, 11) is 0. The number of benzene rings is 1. The summed E-state index contributed by atoms with van der Waals surface area (Å²) in [5.41, 5.74) is 0.978. The molecule has 116 valence electrons. The molecule has 1 aromatic carbocycles. The normalized spacial score (nSPS) is 16.0. The molecule has 0 atom stereocenters. The minimum Gasteiger partial charge on any atom is -0.349 e. The zero-order valence-electron chi connectivity index (χ0n) is 12.5. The van der Waals surface area contributed by atoms with Crippen molar-refractivity contribution in [3.05, 3.63) is 29.3 Å². The van der Waals surface area contributed by atoms with E-state index in [1.165, 1.54) is 0 Å². The lowest BCUT2D eigenvalue weighted by Gasteiger charge is -2.30. The van der Waals surface area contributed by atoms with E-state index in [9.17, 15) is 9.59 Å². The molecular formula is C16H19N3O2S. The van der Waals surface area contributed by atoms with Crippen molar-refractivity contribution >= 4 is 33.4 Å². The molecule has 1 fully saturated rings. The smallest absolute Gasteiger partial charge is 0.223 e. The molecule has 1 aromatic heterocycles. The van der Waals surface area contributed by atoms with Crippen molar-refractivity contribution in [1.82, 2.24) is 15.2 Å². The van der Waals surface area contributed by atoms with Gasteiger partial charge in [0.25, 0.3) is 0 Å². The molecule has 1 N–H and O–H groups in total. The van der Waals surface area contributed by atoms with Gasteiger partial charge >= 0.3 is 0 Å². The fraction of sp³-hybridized carbons (Fsp3) is 0.438. The summed E-state index contributed by atoms with van der Waals surface area (Å²) in [6.07, 6.45) is 1.48. The van der Waals surface area contributed by atoms with Crippen LogP contribution in [0.5, 0.6) is 0 Å². The third kappa shape index (κ3) is 3.27. The first-order valence-corrected chi connectivity index (χ1v) is 8.33. The molecule has 0 bridgehead atoms. The average molecular weight is 317 g/mol. The van der Waals surface area contributed by atoms with E-state index >= 15 is 0 Å². The number of rotatable bonds is 3. The van der Waals surface area contributed by atoms with Crippen molar-refractivity contribution in [2.45, 2.75) is 26.3 Å². The molecule has 0 saturated carbocycles. The van der Waals surface area contributed by atoms with Gasteiger partial charge in [-0.05, 0) is 25.0 Å². The fourth-order valence-electron chi connectivity index (χ4n) is 2.76. The van der Waals surface area contributed by atoms with E-state index in [0.717, 1.165) is 28.1 Å². The van der Waals surface area contributed by atoms with Crippen LogP contribution >= 0.6 is 11.3 Å². The zero-order valence-corrected chi connectivity index (χ0v) is 13.4. The van der Waals surface area contributed by atoms with Crippen LogP contribution in [0.15, 0.2) is 24.3 Å². The molecule has 1 saturated heterocycles. The quantitative estimate of drug-likeness (QED) is 0.944. The van der Waals surface area contributed by atoms with E-state index in [1.807, 2.05) is 24.3 Å². The molecule has 3 rings (SSSR count). The molecule has 6 heteroatoms. The topological polar surface area (TPSA) is 62.3 Å². The molecule has 22 heavy (non-hydrogen) atoms. The Balaban J connectivity index is 1.53. The Bertz CT molecular complexity index is 657. The average Bonchev–Trinajstić information content (AvgIpc) is 2.95. The number of carbonyl (C=O) groups excluding carboxylic acids is 2. The van der Waals surface area contributed by atoms with Crippen LogP contribution in [-0.4, -0.2) is 34.8 Å². The number of thiazole rings is 1. The van der Waals surface area contributed by atoms with Crippen LogP contribution in [0.1, 0.15) is 24.8 Å². The van der Waals surface area contributed by atoms with Gasteiger partial charge in [0, 0.05) is 25.9 Å². The number of nitrogens with one attached hydrogen (secondary N) is 1. The number of piperidine rings is 1. The first kappa shape index (κ1) is 15.0. The van der Waals surface area contributed by atoms with Crippen LogP contribution in [0.3, 0.4) is 0 Å². The van der Waals surface area contributed by atoms with Gasteiger partial charge < -0.3 is 10.2 Å². The van der Waals surface area contributed by atoms with Crippen LogP contribution in [0.25, 0.3) is 10.2 Å². The summed E-state index contributed by atoms with van der Waals surface area (Å²) in [5, 5.41) is 3.91. The molecule has 2 aromatic rings. The summed E-state index contributed by atoms with van der Waals surface area (Å²) in [5.74, 6) is 0.167. The second-order valence-corrected chi connectivity index (χ2v) is 6.69. The summed E-state index contributed by atoms with van der Waals surface area (Å²) in [6.45, 7) is 3.40. The maximum atomic E-state index is 12.2. The van der Waals surface area contributed by atoms with Crippen molar-refractivity contribution < 1.29 is 9.59 Å². The molecule has 1 aliphatic rings. The standard InChI is InChI=1S/C16H19N3O2S/c1-11(20)19-8-6-12(7-9-19)16(21)17-10-15-18-13-4-2-3-5-14(13)22-15/h2-5,12H,6-10H2,1H3,(H,17,21). The lowest BCUT2D eigenvalue weighted by molar-refractivity contribution is -0.134. The summed E-state index contributed by atoms with van der Waals surface area (Å²) >= 11 is 1.61. The summed E-state index contributed by atoms with van der Waals surface area (Å²) in [6, 6.07) is 7.98. The van der Waals surface area contributed by atoms with Crippen molar-refractivity contribution in [2.24, 2.45) is 5.92 Å². The van der Waals surface area contributed by atoms with Gasteiger partial charge in [-0.2, -0.15) is 0 Å². The highest BCUT2D eigenvalue weighted by atomic mass is 32.1. The van der Waals surface area contributed by atoms with Gasteiger partial charge in [-0.25, -0.2) is 4.98 Å². The lowest BCUT2D eigenvalue weighted by atomic mass is 9.96. The molecule has 2 amide bonds. The maximum Gasteiger partial charge on any atom is 0.223 e. The Morgan fingerprint density at radius 2 is 2.05 bits per heavy atom. The largest absolute Gasteiger partial charge is 0.349 e. The Hall–Kier alpha value is -1.95. The monoisotopic (exact) mass is 317 g/mol. The first-order chi connectivity index (χ1) is 10.6. The Labute approximate surface area is 133 Å². The number of hydrogen-bond donors (Lipinski definition) is 1. The van der Waals surface area contributed by atoms with Gasteiger partial charge in [0.15, 0.2) is 0 Å². The van der Waals surface area contributed by atoms with Crippen LogP contribution in [0.4, 0.5) is 0 Å². The van der Waals surface area contributed by atoms with E-state index in [-0.39, 0.29) is 17.7 Å². The van der Waals surface area contributed by atoms with E-state index in [1.54, 1.807) is 23.2 Å². The van der Waals surface area contributed by atoms with Gasteiger partial charge in [0.1, 0.15) is 5.01 Å². The molecule has 0 spiro atoms. The second-order valence-electron chi connectivity index (χ2n) is 5.57. The van der Waals surface area contributed by atoms with Crippen molar-refractivity contribution in [3.8, 4) is 0 Å². The van der Waals surface area contributed by atoms with Crippen LogP contribution in [0.2, 0.25) is 0 Å². The number of nitrogens with zero attached hydrogens (tertiary/aromatic N) is 2. The number of para-hydroxylation sites is 1. The Morgan fingerprint density at radius 3 is 2.73 bits per heavy atom. The van der Waals surface area contributed by atoms with E-state index < -0.39 is 0 Å². The van der Waals surface area contributed by atoms with Crippen molar-refractivity contribution in [3.63, 3.8) is 0 Å². The number of amides is 2. The first-order valence-electron chi connectivity index (χ1n) is 7.51. The van der Waals surface area contributed by atoms with Crippen LogP contribution in [0, 0.1) is 5.92 Å². The predicted molar refractivity (Wildman–Crippen MR) is 86.4 cm³/mol.